The molecule has 0 radical (unpaired) electrons. The molecule has 106 valence electrons. The molecule has 0 atom stereocenters. The average molecular weight is 265 g/mol. The molecule has 0 saturated heterocycles. The van der Waals surface area contributed by atoms with Crippen LogP contribution in [0.5, 0.6) is 5.75 Å². The predicted molar refractivity (Wildman–Crippen MR) is 75.7 cm³/mol. The van der Waals surface area contributed by atoms with E-state index in [2.05, 4.69) is 25.2 Å². The molecule has 4 heteroatoms. The second-order valence-corrected chi connectivity index (χ2v) is 4.91. The summed E-state index contributed by atoms with van der Waals surface area (Å²) in [5, 5.41) is 11.8. The molecule has 0 heterocycles. The maximum absolute atomic E-state index is 10.4. The lowest BCUT2D eigenvalue weighted by atomic mass is 9.99. The van der Waals surface area contributed by atoms with Crippen molar-refractivity contribution in [1.82, 2.24) is 5.32 Å². The predicted octanol–water partition coefficient (Wildman–Crippen LogP) is 2.77. The van der Waals surface area contributed by atoms with Crippen LogP contribution in [0, 0.1) is 0 Å². The van der Waals surface area contributed by atoms with Crippen LogP contribution in [0.25, 0.3) is 0 Å². The van der Waals surface area contributed by atoms with Crippen LogP contribution in [0.4, 0.5) is 0 Å². The Labute approximate surface area is 114 Å². The molecule has 0 bridgehead atoms. The summed E-state index contributed by atoms with van der Waals surface area (Å²) in [4.78, 5) is 10.4. The Kier molecular flexibility index (Phi) is 6.36. The number of carboxylic acids is 1. The Morgan fingerprint density at radius 1 is 1.42 bits per heavy atom. The third kappa shape index (κ3) is 5.30. The molecule has 1 aromatic rings. The molecule has 0 aliphatic carbocycles. The molecule has 0 saturated carbocycles. The third-order valence-electron chi connectivity index (χ3n) is 2.99. The number of benzene rings is 1. The number of methoxy groups -OCH3 is 1. The Balaban J connectivity index is 2.50. The molecule has 19 heavy (non-hydrogen) atoms. The van der Waals surface area contributed by atoms with Crippen LogP contribution in [0.1, 0.15) is 43.7 Å². The summed E-state index contributed by atoms with van der Waals surface area (Å²) in [6.45, 7) is 5.75. The van der Waals surface area contributed by atoms with Crippen LogP contribution in [-0.4, -0.2) is 24.7 Å². The fourth-order valence-electron chi connectivity index (χ4n) is 1.94. The molecule has 2 N–H and O–H groups in total. The van der Waals surface area contributed by atoms with E-state index in [4.69, 9.17) is 9.84 Å². The first-order chi connectivity index (χ1) is 9.04. The maximum atomic E-state index is 10.4. The van der Waals surface area contributed by atoms with Gasteiger partial charge in [0.15, 0.2) is 0 Å². The molecule has 4 nitrogen and oxygen atoms in total. The first kappa shape index (κ1) is 15.5. The highest BCUT2D eigenvalue weighted by atomic mass is 16.5. The van der Waals surface area contributed by atoms with Crippen molar-refractivity contribution in [2.24, 2.45) is 0 Å². The van der Waals surface area contributed by atoms with Gasteiger partial charge < -0.3 is 15.2 Å². The van der Waals surface area contributed by atoms with E-state index in [9.17, 15) is 4.79 Å². The van der Waals surface area contributed by atoms with Gasteiger partial charge in [-0.2, -0.15) is 0 Å². The lowest BCUT2D eigenvalue weighted by Crippen LogP contribution is -2.16. The van der Waals surface area contributed by atoms with Crippen molar-refractivity contribution in [1.29, 1.82) is 0 Å². The lowest BCUT2D eigenvalue weighted by molar-refractivity contribution is -0.137. The molecule has 1 aromatic carbocycles. The van der Waals surface area contributed by atoms with E-state index in [0.717, 1.165) is 18.8 Å². The van der Waals surface area contributed by atoms with Gasteiger partial charge in [-0.05, 0) is 36.1 Å². The summed E-state index contributed by atoms with van der Waals surface area (Å²) in [7, 11) is 1.69. The molecular formula is C15H23NO3. The summed E-state index contributed by atoms with van der Waals surface area (Å²) < 4.78 is 5.35. The number of hydrogen-bond donors (Lipinski definition) is 2. The lowest BCUT2D eigenvalue weighted by Gasteiger charge is -2.14. The van der Waals surface area contributed by atoms with Crippen LogP contribution in [0.3, 0.4) is 0 Å². The van der Waals surface area contributed by atoms with Crippen LogP contribution in [0.2, 0.25) is 0 Å². The van der Waals surface area contributed by atoms with Crippen LogP contribution >= 0.6 is 0 Å². The van der Waals surface area contributed by atoms with Crippen molar-refractivity contribution in [3.8, 4) is 5.75 Å². The van der Waals surface area contributed by atoms with E-state index in [-0.39, 0.29) is 6.42 Å². The highest BCUT2D eigenvalue weighted by molar-refractivity contribution is 5.66. The van der Waals surface area contributed by atoms with Gasteiger partial charge in [-0.15, -0.1) is 0 Å². The minimum atomic E-state index is -0.742. The number of hydrogen-bond acceptors (Lipinski definition) is 3. The SMILES string of the molecule is COc1ccc(CNCCCC(=O)O)cc1C(C)C. The largest absolute Gasteiger partial charge is 0.496 e. The minimum Gasteiger partial charge on any atom is -0.496 e. The molecule has 0 aliphatic heterocycles. The van der Waals surface area contributed by atoms with Crippen molar-refractivity contribution in [3.63, 3.8) is 0 Å². The third-order valence-corrected chi connectivity index (χ3v) is 2.99. The van der Waals surface area contributed by atoms with Gasteiger partial charge in [0, 0.05) is 13.0 Å². The number of carboxylic acid groups (broad SMARTS) is 1. The summed E-state index contributed by atoms with van der Waals surface area (Å²) >= 11 is 0. The molecule has 0 spiro atoms. The fourth-order valence-corrected chi connectivity index (χ4v) is 1.94. The first-order valence-electron chi connectivity index (χ1n) is 6.64. The van der Waals surface area contributed by atoms with Crippen molar-refractivity contribution >= 4 is 5.97 Å². The van der Waals surface area contributed by atoms with Gasteiger partial charge in [-0.1, -0.05) is 26.0 Å². The van der Waals surface area contributed by atoms with Crippen molar-refractivity contribution in [3.05, 3.63) is 29.3 Å². The molecule has 0 unspecified atom stereocenters. The van der Waals surface area contributed by atoms with Crippen LogP contribution < -0.4 is 10.1 Å². The Bertz CT molecular complexity index is 416. The number of rotatable bonds is 8. The van der Waals surface area contributed by atoms with E-state index in [1.54, 1.807) is 7.11 Å². The molecule has 1 rings (SSSR count). The summed E-state index contributed by atoms with van der Waals surface area (Å²) in [6.07, 6.45) is 0.870. The van der Waals surface area contributed by atoms with Gasteiger partial charge in [-0.3, -0.25) is 4.79 Å². The quantitative estimate of drug-likeness (QED) is 0.710. The second-order valence-electron chi connectivity index (χ2n) is 4.91. The van der Waals surface area contributed by atoms with Gasteiger partial charge in [0.05, 0.1) is 7.11 Å². The smallest absolute Gasteiger partial charge is 0.303 e. The zero-order valence-corrected chi connectivity index (χ0v) is 11.9. The van der Waals surface area contributed by atoms with Crippen LogP contribution in [0.15, 0.2) is 18.2 Å². The summed E-state index contributed by atoms with van der Waals surface area (Å²) in [5.41, 5.74) is 2.40. The maximum Gasteiger partial charge on any atom is 0.303 e. The first-order valence-corrected chi connectivity index (χ1v) is 6.64. The van der Waals surface area contributed by atoms with Gasteiger partial charge in [0.2, 0.25) is 0 Å². The van der Waals surface area contributed by atoms with E-state index < -0.39 is 5.97 Å². The molecule has 0 fully saturated rings. The van der Waals surface area contributed by atoms with Crippen molar-refractivity contribution in [2.45, 2.75) is 39.2 Å². The zero-order chi connectivity index (χ0) is 14.3. The van der Waals surface area contributed by atoms with Crippen molar-refractivity contribution < 1.29 is 14.6 Å². The average Bonchev–Trinajstić information content (AvgIpc) is 2.37. The van der Waals surface area contributed by atoms with E-state index >= 15 is 0 Å². The van der Waals surface area contributed by atoms with Gasteiger partial charge in [0.25, 0.3) is 0 Å². The standard InChI is InChI=1S/C15H23NO3/c1-11(2)13-9-12(6-7-14(13)19-3)10-16-8-4-5-15(17)18/h6-7,9,11,16H,4-5,8,10H2,1-3H3,(H,17,18). The number of nitrogens with one attached hydrogen (secondary N) is 1. The van der Waals surface area contributed by atoms with Gasteiger partial charge >= 0.3 is 5.97 Å². The molecule has 0 amide bonds. The van der Waals surface area contributed by atoms with Crippen LogP contribution in [-0.2, 0) is 11.3 Å². The summed E-state index contributed by atoms with van der Waals surface area (Å²) in [5.74, 6) is 0.597. The van der Waals surface area contributed by atoms with E-state index in [0.29, 0.717) is 12.3 Å². The molecule has 0 aromatic heterocycles. The summed E-state index contributed by atoms with van der Waals surface area (Å²) in [6, 6.07) is 6.17. The topological polar surface area (TPSA) is 58.6 Å². The number of ether oxygens (including phenoxy) is 1. The van der Waals surface area contributed by atoms with Crippen molar-refractivity contribution in [2.75, 3.05) is 13.7 Å². The monoisotopic (exact) mass is 265 g/mol. The van der Waals surface area contributed by atoms with E-state index in [1.165, 1.54) is 11.1 Å². The molecule has 0 aliphatic rings. The highest BCUT2D eigenvalue weighted by Crippen LogP contribution is 2.27. The Hall–Kier alpha value is -1.55. The number of carbonyl (C=O) groups is 1. The van der Waals surface area contributed by atoms with Gasteiger partial charge in [0.1, 0.15) is 5.75 Å². The Morgan fingerprint density at radius 3 is 2.74 bits per heavy atom. The Morgan fingerprint density at radius 2 is 2.16 bits per heavy atom. The highest BCUT2D eigenvalue weighted by Gasteiger charge is 2.08. The van der Waals surface area contributed by atoms with E-state index in [1.807, 2.05) is 12.1 Å². The second kappa shape index (κ2) is 7.79. The minimum absolute atomic E-state index is 0.215. The fraction of sp³-hybridized carbons (Fsp3) is 0.533. The zero-order valence-electron chi connectivity index (χ0n) is 11.9. The number of aliphatic carboxylic acids is 1. The van der Waals surface area contributed by atoms with Gasteiger partial charge in [-0.25, -0.2) is 0 Å². The normalized spacial score (nSPS) is 10.7. The molecular weight excluding hydrogens is 242 g/mol.